The van der Waals surface area contributed by atoms with Crippen LogP contribution in [0.3, 0.4) is 0 Å². The Kier molecular flexibility index (Phi) is 6.79. The molecule has 0 aliphatic heterocycles. The number of unbranched alkanes of at least 4 members (excludes halogenated alkanes) is 1. The van der Waals surface area contributed by atoms with Crippen LogP contribution in [0.2, 0.25) is 0 Å². The van der Waals surface area contributed by atoms with Crippen LogP contribution in [0, 0.1) is 0 Å². The highest BCUT2D eigenvalue weighted by Gasteiger charge is 2.35. The van der Waals surface area contributed by atoms with Crippen molar-refractivity contribution in [1.29, 1.82) is 0 Å². The highest BCUT2D eigenvalue weighted by Crippen LogP contribution is 2.15. The van der Waals surface area contributed by atoms with Crippen molar-refractivity contribution in [3.05, 3.63) is 18.7 Å². The van der Waals surface area contributed by atoms with Crippen LogP contribution in [0.5, 0.6) is 0 Å². The molecule has 1 heterocycles. The SMILES string of the molecule is CCCCn1cc[n+](C[C@H](C)N(C(=O)OC(C)(C)C)S(=O)(=O)O)c1. The summed E-state index contributed by atoms with van der Waals surface area (Å²) in [6.45, 7) is 9.59. The Morgan fingerprint density at radius 3 is 2.54 bits per heavy atom. The molecular formula is C15H28N3O5S+. The standard InChI is InChI=1S/C15H27N3O5S/c1-6-7-8-16-9-10-17(12-16)11-13(2)18(24(20,21)22)14(19)23-15(3,4)5/h9-10,12-13H,6-8,11H2,1-5H3/p+1/t13-/m0/s1. The molecule has 1 rings (SSSR count). The monoisotopic (exact) mass is 362 g/mol. The second-order valence-corrected chi connectivity index (χ2v) is 8.09. The van der Waals surface area contributed by atoms with Crippen LogP contribution < -0.4 is 4.57 Å². The minimum Gasteiger partial charge on any atom is -0.443 e. The normalized spacial score (nSPS) is 13.6. The number of rotatable bonds is 7. The molecule has 1 N–H and O–H groups in total. The third-order valence-electron chi connectivity index (χ3n) is 3.21. The Bertz CT molecular complexity index is 648. The van der Waals surface area contributed by atoms with Crippen LogP contribution in [0.4, 0.5) is 4.79 Å². The van der Waals surface area contributed by atoms with Gasteiger partial charge < -0.3 is 4.74 Å². The Hall–Kier alpha value is -1.61. The molecule has 0 saturated carbocycles. The average molecular weight is 362 g/mol. The predicted octanol–water partition coefficient (Wildman–Crippen LogP) is 2.00. The third-order valence-corrected chi connectivity index (χ3v) is 4.22. The molecule has 24 heavy (non-hydrogen) atoms. The van der Waals surface area contributed by atoms with Crippen molar-refractivity contribution in [2.75, 3.05) is 0 Å². The largest absolute Gasteiger partial charge is 0.443 e. The summed E-state index contributed by atoms with van der Waals surface area (Å²) in [4.78, 5) is 12.1. The van der Waals surface area contributed by atoms with Gasteiger partial charge in [0.1, 0.15) is 24.5 Å². The lowest BCUT2D eigenvalue weighted by Crippen LogP contribution is -2.51. The maximum atomic E-state index is 12.1. The molecule has 1 aromatic rings. The number of hydrogen-bond donors (Lipinski definition) is 1. The molecule has 0 aliphatic rings. The summed E-state index contributed by atoms with van der Waals surface area (Å²) in [5.74, 6) is 0. The van der Waals surface area contributed by atoms with E-state index in [2.05, 4.69) is 6.92 Å². The Morgan fingerprint density at radius 2 is 2.04 bits per heavy atom. The quantitative estimate of drug-likeness (QED) is 0.591. The highest BCUT2D eigenvalue weighted by atomic mass is 32.2. The molecule has 138 valence electrons. The summed E-state index contributed by atoms with van der Waals surface area (Å²) in [5, 5.41) is 0. The van der Waals surface area contributed by atoms with Crippen LogP contribution in [0.15, 0.2) is 18.7 Å². The molecule has 0 saturated heterocycles. The Balaban J connectivity index is 2.87. The molecule has 1 atom stereocenters. The topological polar surface area (TPSA) is 92.7 Å². The summed E-state index contributed by atoms with van der Waals surface area (Å²) in [6, 6.07) is -0.804. The van der Waals surface area contributed by atoms with E-state index in [1.54, 1.807) is 31.5 Å². The number of hydrogen-bond acceptors (Lipinski definition) is 4. The first kappa shape index (κ1) is 20.4. The van der Waals surface area contributed by atoms with Crippen molar-refractivity contribution in [2.45, 2.75) is 72.2 Å². The number of carbonyl (C=O) groups is 1. The molecule has 1 amide bonds. The molecular weight excluding hydrogens is 334 g/mol. The maximum Gasteiger partial charge on any atom is 0.426 e. The minimum atomic E-state index is -4.72. The molecule has 0 spiro atoms. The van der Waals surface area contributed by atoms with Gasteiger partial charge in [-0.2, -0.15) is 12.7 Å². The van der Waals surface area contributed by atoms with Crippen molar-refractivity contribution in [3.8, 4) is 0 Å². The van der Waals surface area contributed by atoms with E-state index < -0.39 is 28.0 Å². The van der Waals surface area contributed by atoms with Gasteiger partial charge in [-0.15, -0.1) is 0 Å². The summed E-state index contributed by atoms with van der Waals surface area (Å²) >= 11 is 0. The van der Waals surface area contributed by atoms with E-state index >= 15 is 0 Å². The second kappa shape index (κ2) is 7.98. The lowest BCUT2D eigenvalue weighted by Gasteiger charge is -2.28. The fourth-order valence-corrected chi connectivity index (χ4v) is 2.95. The van der Waals surface area contributed by atoms with Gasteiger partial charge in [-0.3, -0.25) is 4.55 Å². The first-order valence-electron chi connectivity index (χ1n) is 7.98. The number of carbonyl (C=O) groups excluding carboxylic acids is 1. The Labute approximate surface area is 143 Å². The van der Waals surface area contributed by atoms with Crippen molar-refractivity contribution in [3.63, 3.8) is 0 Å². The van der Waals surface area contributed by atoms with Gasteiger partial charge in [-0.05, 0) is 34.1 Å². The zero-order chi connectivity index (χ0) is 18.5. The molecule has 0 unspecified atom stereocenters. The Morgan fingerprint density at radius 1 is 1.42 bits per heavy atom. The van der Waals surface area contributed by atoms with Crippen molar-refractivity contribution < 1.29 is 27.1 Å². The van der Waals surface area contributed by atoms with E-state index in [1.165, 1.54) is 6.92 Å². The van der Waals surface area contributed by atoms with Gasteiger partial charge >= 0.3 is 16.4 Å². The summed E-state index contributed by atoms with van der Waals surface area (Å²) in [6.07, 6.45) is 6.53. The number of amides is 1. The minimum absolute atomic E-state index is 0.207. The fourth-order valence-electron chi connectivity index (χ4n) is 2.21. The first-order chi connectivity index (χ1) is 10.9. The molecule has 0 bridgehead atoms. The van der Waals surface area contributed by atoms with Crippen LogP contribution in [0.25, 0.3) is 0 Å². The number of nitrogens with zero attached hydrogens (tertiary/aromatic N) is 3. The molecule has 0 aromatic carbocycles. The molecule has 8 nitrogen and oxygen atoms in total. The van der Waals surface area contributed by atoms with Crippen LogP contribution in [-0.4, -0.2) is 39.6 Å². The number of ether oxygens (including phenoxy) is 1. The number of aromatic nitrogens is 2. The molecule has 0 fully saturated rings. The van der Waals surface area contributed by atoms with E-state index in [9.17, 15) is 17.8 Å². The average Bonchev–Trinajstić information content (AvgIpc) is 2.79. The van der Waals surface area contributed by atoms with Gasteiger partial charge in [0, 0.05) is 0 Å². The van der Waals surface area contributed by atoms with Gasteiger partial charge in [0.25, 0.3) is 0 Å². The lowest BCUT2D eigenvalue weighted by atomic mass is 10.2. The van der Waals surface area contributed by atoms with E-state index in [4.69, 9.17) is 4.74 Å². The second-order valence-electron chi connectivity index (χ2n) is 6.80. The van der Waals surface area contributed by atoms with Crippen LogP contribution >= 0.6 is 0 Å². The summed E-state index contributed by atoms with van der Waals surface area (Å²) in [7, 11) is -4.72. The summed E-state index contributed by atoms with van der Waals surface area (Å²) < 4.78 is 41.8. The van der Waals surface area contributed by atoms with E-state index in [1.807, 2.05) is 17.1 Å². The number of aryl methyl sites for hydroxylation is 1. The van der Waals surface area contributed by atoms with Gasteiger partial charge in [0.2, 0.25) is 6.33 Å². The molecule has 0 aliphatic carbocycles. The van der Waals surface area contributed by atoms with Crippen molar-refractivity contribution in [1.82, 2.24) is 8.87 Å². The molecule has 1 aromatic heterocycles. The van der Waals surface area contributed by atoms with Crippen LogP contribution in [0.1, 0.15) is 47.5 Å². The van der Waals surface area contributed by atoms with Gasteiger partial charge in [-0.25, -0.2) is 13.9 Å². The zero-order valence-corrected chi connectivity index (χ0v) is 15.8. The van der Waals surface area contributed by atoms with Gasteiger partial charge in [0.05, 0.1) is 12.6 Å². The highest BCUT2D eigenvalue weighted by molar-refractivity contribution is 7.84. The smallest absolute Gasteiger partial charge is 0.426 e. The lowest BCUT2D eigenvalue weighted by molar-refractivity contribution is -0.699. The third kappa shape index (κ3) is 6.48. The fraction of sp³-hybridized carbons (Fsp3) is 0.733. The van der Waals surface area contributed by atoms with Gasteiger partial charge in [0.15, 0.2) is 0 Å². The number of imidazole rings is 1. The molecule has 9 heteroatoms. The van der Waals surface area contributed by atoms with E-state index in [0.29, 0.717) is 4.31 Å². The van der Waals surface area contributed by atoms with Crippen LogP contribution in [-0.2, 0) is 28.1 Å². The zero-order valence-electron chi connectivity index (χ0n) is 15.0. The van der Waals surface area contributed by atoms with E-state index in [-0.39, 0.29) is 6.54 Å². The summed E-state index contributed by atoms with van der Waals surface area (Å²) in [5.41, 5.74) is -0.865. The van der Waals surface area contributed by atoms with E-state index in [0.717, 1.165) is 19.4 Å². The molecule has 0 radical (unpaired) electrons. The maximum absolute atomic E-state index is 12.1. The van der Waals surface area contributed by atoms with Crippen molar-refractivity contribution >= 4 is 16.4 Å². The van der Waals surface area contributed by atoms with Gasteiger partial charge in [-0.1, -0.05) is 13.3 Å². The first-order valence-corrected chi connectivity index (χ1v) is 9.38. The predicted molar refractivity (Wildman–Crippen MR) is 88.6 cm³/mol. The van der Waals surface area contributed by atoms with Crippen molar-refractivity contribution in [2.24, 2.45) is 0 Å².